The van der Waals surface area contributed by atoms with Crippen molar-refractivity contribution >= 4 is 21.6 Å². The Morgan fingerprint density at radius 2 is 1.73 bits per heavy atom. The van der Waals surface area contributed by atoms with E-state index in [2.05, 4.69) is 10.2 Å². The molecule has 0 atom stereocenters. The van der Waals surface area contributed by atoms with Crippen LogP contribution in [0.2, 0.25) is 5.02 Å². The van der Waals surface area contributed by atoms with Crippen LogP contribution in [0.15, 0.2) is 47.4 Å². The van der Waals surface area contributed by atoms with Crippen LogP contribution >= 0.6 is 11.6 Å². The molecule has 1 fully saturated rings. The largest absolute Gasteiger partial charge is 0.393 e. The number of benzene rings is 2. The molecule has 3 aromatic rings. The Balaban J connectivity index is 1.67. The van der Waals surface area contributed by atoms with Crippen LogP contribution in [-0.2, 0) is 10.0 Å². The van der Waals surface area contributed by atoms with Crippen molar-refractivity contribution in [2.24, 2.45) is 0 Å². The lowest BCUT2D eigenvalue weighted by Crippen LogP contribution is -2.40. The number of nitrogens with zero attached hydrogens (tertiary/aromatic N) is 2. The molecule has 10 heteroatoms. The first kappa shape index (κ1) is 20.9. The second-order valence-corrected chi connectivity index (χ2v) is 9.39. The Labute approximate surface area is 177 Å². The molecule has 0 spiro atoms. The standard InChI is InChI=1S/C20H18ClF2N3O3S/c21-15-3-1-13(10-20(15)30(28,29)26-7-5-14(27)6-8-26)19-11-18(24-25-19)12-2-4-16(22)17(23)9-12/h1-4,9-11,14,27H,5-8H2,(H,24,25). The van der Waals surface area contributed by atoms with Crippen LogP contribution in [0.25, 0.3) is 22.5 Å². The SMILES string of the molecule is O=S(=O)(c1cc(-c2cc(-c3ccc(F)c(F)c3)[nH]n2)ccc1Cl)N1CCC(O)CC1. The third kappa shape index (κ3) is 3.98. The van der Waals surface area contributed by atoms with Gasteiger partial charge < -0.3 is 5.11 Å². The summed E-state index contributed by atoms with van der Waals surface area (Å²) in [6.07, 6.45) is 0.234. The third-order valence-corrected chi connectivity index (χ3v) is 7.46. The zero-order chi connectivity index (χ0) is 21.5. The van der Waals surface area contributed by atoms with Crippen molar-refractivity contribution in [2.45, 2.75) is 23.8 Å². The fraction of sp³-hybridized carbons (Fsp3) is 0.250. The molecule has 0 radical (unpaired) electrons. The molecule has 6 nitrogen and oxygen atoms in total. The predicted molar refractivity (Wildman–Crippen MR) is 108 cm³/mol. The molecule has 30 heavy (non-hydrogen) atoms. The van der Waals surface area contributed by atoms with Crippen molar-refractivity contribution in [3.8, 4) is 22.5 Å². The third-order valence-electron chi connectivity index (χ3n) is 5.08. The number of rotatable bonds is 4. The second kappa shape index (κ2) is 8.07. The minimum atomic E-state index is -3.84. The molecule has 1 saturated heterocycles. The highest BCUT2D eigenvalue weighted by molar-refractivity contribution is 7.89. The number of sulfonamides is 1. The normalized spacial score (nSPS) is 16.1. The highest BCUT2D eigenvalue weighted by Gasteiger charge is 2.30. The molecular weight excluding hydrogens is 436 g/mol. The summed E-state index contributed by atoms with van der Waals surface area (Å²) in [5, 5.41) is 16.6. The van der Waals surface area contributed by atoms with E-state index in [9.17, 15) is 22.3 Å². The number of halogens is 3. The summed E-state index contributed by atoms with van der Waals surface area (Å²) in [7, 11) is -3.84. The van der Waals surface area contributed by atoms with E-state index in [0.717, 1.165) is 12.1 Å². The molecule has 2 heterocycles. The van der Waals surface area contributed by atoms with Gasteiger partial charge in [-0.3, -0.25) is 5.10 Å². The average molecular weight is 454 g/mol. The lowest BCUT2D eigenvalue weighted by molar-refractivity contribution is 0.113. The molecule has 0 aliphatic carbocycles. The summed E-state index contributed by atoms with van der Waals surface area (Å²) >= 11 is 6.19. The van der Waals surface area contributed by atoms with Crippen molar-refractivity contribution < 1.29 is 22.3 Å². The molecule has 1 aliphatic heterocycles. The molecule has 4 rings (SSSR count). The van der Waals surface area contributed by atoms with Crippen LogP contribution in [0.1, 0.15) is 12.8 Å². The number of aliphatic hydroxyl groups excluding tert-OH is 1. The number of hydrogen-bond donors (Lipinski definition) is 2. The topological polar surface area (TPSA) is 86.3 Å². The number of nitrogens with one attached hydrogen (secondary N) is 1. The van der Waals surface area contributed by atoms with Gasteiger partial charge in [-0.2, -0.15) is 9.40 Å². The van der Waals surface area contributed by atoms with E-state index in [1.807, 2.05) is 0 Å². The predicted octanol–water partition coefficient (Wildman–Crippen LogP) is 3.82. The highest BCUT2D eigenvalue weighted by atomic mass is 35.5. The zero-order valence-corrected chi connectivity index (χ0v) is 17.2. The van der Waals surface area contributed by atoms with Crippen LogP contribution < -0.4 is 0 Å². The van der Waals surface area contributed by atoms with Crippen molar-refractivity contribution in [3.05, 3.63) is 59.1 Å². The second-order valence-electron chi connectivity index (χ2n) is 7.08. The maximum Gasteiger partial charge on any atom is 0.244 e. The molecule has 158 valence electrons. The lowest BCUT2D eigenvalue weighted by Gasteiger charge is -2.29. The van der Waals surface area contributed by atoms with Gasteiger partial charge in [0.15, 0.2) is 11.6 Å². The molecule has 0 saturated carbocycles. The van der Waals surface area contributed by atoms with Gasteiger partial charge >= 0.3 is 0 Å². The number of piperidine rings is 1. The van der Waals surface area contributed by atoms with Crippen LogP contribution in [0.5, 0.6) is 0 Å². The Bertz CT molecular complexity index is 1190. The van der Waals surface area contributed by atoms with E-state index in [-0.39, 0.29) is 23.0 Å². The van der Waals surface area contributed by atoms with Crippen LogP contribution in [0.4, 0.5) is 8.78 Å². The molecule has 1 aliphatic rings. The van der Waals surface area contributed by atoms with Crippen LogP contribution in [0.3, 0.4) is 0 Å². The van der Waals surface area contributed by atoms with Crippen LogP contribution in [0, 0.1) is 11.6 Å². The van der Waals surface area contributed by atoms with E-state index in [4.69, 9.17) is 11.6 Å². The minimum absolute atomic E-state index is 0.0459. The molecule has 0 amide bonds. The Morgan fingerprint density at radius 1 is 1.03 bits per heavy atom. The van der Waals surface area contributed by atoms with Gasteiger partial charge in [-0.15, -0.1) is 0 Å². The highest BCUT2D eigenvalue weighted by Crippen LogP contribution is 2.32. The Kier molecular flexibility index (Phi) is 5.63. The fourth-order valence-corrected chi connectivity index (χ4v) is 5.33. The number of H-pyrrole nitrogens is 1. The molecule has 1 aromatic heterocycles. The van der Waals surface area contributed by atoms with Crippen molar-refractivity contribution in [1.29, 1.82) is 0 Å². The van der Waals surface area contributed by atoms with E-state index in [1.165, 1.54) is 22.5 Å². The first-order valence-corrected chi connectivity index (χ1v) is 11.1. The van der Waals surface area contributed by atoms with E-state index in [0.29, 0.717) is 35.4 Å². The summed E-state index contributed by atoms with van der Waals surface area (Å²) in [5.41, 5.74) is 1.78. The van der Waals surface area contributed by atoms with Gasteiger partial charge in [0.2, 0.25) is 10.0 Å². The minimum Gasteiger partial charge on any atom is -0.393 e. The van der Waals surface area contributed by atoms with Gasteiger partial charge in [0.25, 0.3) is 0 Å². The molecule has 0 bridgehead atoms. The fourth-order valence-electron chi connectivity index (χ4n) is 3.36. The van der Waals surface area contributed by atoms with Gasteiger partial charge in [-0.1, -0.05) is 17.7 Å². The summed E-state index contributed by atoms with van der Waals surface area (Å²) in [6.45, 7) is 0.430. The number of aliphatic hydroxyl groups is 1. The van der Waals surface area contributed by atoms with Crippen LogP contribution in [-0.4, -0.2) is 47.2 Å². The monoisotopic (exact) mass is 453 g/mol. The number of aromatic amines is 1. The van der Waals surface area contributed by atoms with Gasteiger partial charge in [0.1, 0.15) is 4.90 Å². The average Bonchev–Trinajstić information content (AvgIpc) is 3.21. The van der Waals surface area contributed by atoms with Gasteiger partial charge in [0, 0.05) is 24.2 Å². The molecule has 2 N–H and O–H groups in total. The van der Waals surface area contributed by atoms with E-state index < -0.39 is 27.8 Å². The van der Waals surface area contributed by atoms with Gasteiger partial charge in [0.05, 0.1) is 22.5 Å². The molecule has 0 unspecified atom stereocenters. The zero-order valence-electron chi connectivity index (χ0n) is 15.6. The first-order valence-electron chi connectivity index (χ1n) is 9.24. The van der Waals surface area contributed by atoms with Crippen molar-refractivity contribution in [1.82, 2.24) is 14.5 Å². The van der Waals surface area contributed by atoms with Gasteiger partial charge in [-0.25, -0.2) is 17.2 Å². The quantitative estimate of drug-likeness (QED) is 0.628. The van der Waals surface area contributed by atoms with Gasteiger partial charge in [-0.05, 0) is 49.2 Å². The maximum absolute atomic E-state index is 13.5. The summed E-state index contributed by atoms with van der Waals surface area (Å²) in [6, 6.07) is 9.65. The molecule has 2 aromatic carbocycles. The van der Waals surface area contributed by atoms with E-state index >= 15 is 0 Å². The smallest absolute Gasteiger partial charge is 0.244 e. The summed E-state index contributed by atoms with van der Waals surface area (Å²) in [5.74, 6) is -1.92. The number of hydrogen-bond acceptors (Lipinski definition) is 4. The Morgan fingerprint density at radius 3 is 2.43 bits per heavy atom. The maximum atomic E-state index is 13.5. The number of aromatic nitrogens is 2. The summed E-state index contributed by atoms with van der Waals surface area (Å²) in [4.78, 5) is -0.0459. The van der Waals surface area contributed by atoms with E-state index in [1.54, 1.807) is 12.1 Å². The summed E-state index contributed by atoms with van der Waals surface area (Å²) < 4.78 is 54.1. The van der Waals surface area contributed by atoms with Crippen molar-refractivity contribution in [2.75, 3.05) is 13.1 Å². The first-order chi connectivity index (χ1) is 14.3. The Hall–Kier alpha value is -2.33. The van der Waals surface area contributed by atoms with Crippen molar-refractivity contribution in [3.63, 3.8) is 0 Å². The lowest BCUT2D eigenvalue weighted by atomic mass is 10.1. The molecular formula is C20H18ClF2N3O3S.